The molecule has 0 aliphatic carbocycles. The molecule has 2 aromatic carbocycles. The third-order valence-corrected chi connectivity index (χ3v) is 4.06. The number of ether oxygens (including phenoxy) is 2. The second-order valence-electron chi connectivity index (χ2n) is 6.13. The van der Waals surface area contributed by atoms with Gasteiger partial charge in [-0.2, -0.15) is 0 Å². The van der Waals surface area contributed by atoms with E-state index in [1.165, 1.54) is 5.56 Å². The van der Waals surface area contributed by atoms with Gasteiger partial charge >= 0.3 is 0 Å². The summed E-state index contributed by atoms with van der Waals surface area (Å²) in [7, 11) is 3.10. The third kappa shape index (κ3) is 4.76. The first kappa shape index (κ1) is 19.2. The largest absolute Gasteiger partial charge is 0.493 e. The van der Waals surface area contributed by atoms with Gasteiger partial charge in [0.15, 0.2) is 11.5 Å². The number of hydrogen-bond acceptors (Lipinski definition) is 6. The van der Waals surface area contributed by atoms with Gasteiger partial charge in [-0.05, 0) is 30.7 Å². The second kappa shape index (κ2) is 8.85. The average molecular weight is 378 g/mol. The van der Waals surface area contributed by atoms with Crippen LogP contribution in [0.15, 0.2) is 54.7 Å². The van der Waals surface area contributed by atoms with Crippen molar-refractivity contribution in [2.75, 3.05) is 24.9 Å². The molecule has 0 spiro atoms. The summed E-state index contributed by atoms with van der Waals surface area (Å²) >= 11 is 0. The Kier molecular flexibility index (Phi) is 6.06. The lowest BCUT2D eigenvalue weighted by molar-refractivity contribution is 0.102. The highest BCUT2D eigenvalue weighted by atomic mass is 16.5. The van der Waals surface area contributed by atoms with Gasteiger partial charge in [-0.15, -0.1) is 0 Å². The minimum absolute atomic E-state index is 0.261. The molecule has 1 amide bonds. The van der Waals surface area contributed by atoms with E-state index < -0.39 is 0 Å². The first-order valence-electron chi connectivity index (χ1n) is 8.75. The Bertz CT molecular complexity index is 975. The van der Waals surface area contributed by atoms with E-state index in [0.29, 0.717) is 29.7 Å². The van der Waals surface area contributed by atoms with Gasteiger partial charge in [0, 0.05) is 24.5 Å². The van der Waals surface area contributed by atoms with Gasteiger partial charge in [0.2, 0.25) is 5.95 Å². The van der Waals surface area contributed by atoms with E-state index in [1.54, 1.807) is 44.7 Å². The van der Waals surface area contributed by atoms with Crippen LogP contribution in [0.3, 0.4) is 0 Å². The van der Waals surface area contributed by atoms with Crippen LogP contribution in [0.2, 0.25) is 0 Å². The lowest BCUT2D eigenvalue weighted by Crippen LogP contribution is -2.15. The summed E-state index contributed by atoms with van der Waals surface area (Å²) in [6, 6.07) is 14.9. The predicted octanol–water partition coefficient (Wildman–Crippen LogP) is 3.67. The molecule has 28 heavy (non-hydrogen) atoms. The fourth-order valence-corrected chi connectivity index (χ4v) is 2.68. The second-order valence-corrected chi connectivity index (χ2v) is 6.13. The Hall–Kier alpha value is -3.61. The number of aryl methyl sites for hydroxylation is 1. The van der Waals surface area contributed by atoms with E-state index in [9.17, 15) is 4.79 Å². The Morgan fingerprint density at radius 1 is 1.04 bits per heavy atom. The van der Waals surface area contributed by atoms with E-state index in [0.717, 1.165) is 5.56 Å². The molecule has 0 saturated carbocycles. The molecule has 0 unspecified atom stereocenters. The van der Waals surface area contributed by atoms with Crippen LogP contribution >= 0.6 is 0 Å². The molecule has 7 heteroatoms. The minimum Gasteiger partial charge on any atom is -0.493 e. The molecule has 144 valence electrons. The van der Waals surface area contributed by atoms with Crippen molar-refractivity contribution in [3.8, 4) is 11.5 Å². The summed E-state index contributed by atoms with van der Waals surface area (Å²) in [4.78, 5) is 21.0. The SMILES string of the molecule is COc1ccc(NC(=O)c2ccnc(NCc3cccc(C)c3)n2)cc1OC. The van der Waals surface area contributed by atoms with Gasteiger partial charge in [-0.25, -0.2) is 9.97 Å². The summed E-state index contributed by atoms with van der Waals surface area (Å²) in [5.74, 6) is 1.17. The smallest absolute Gasteiger partial charge is 0.274 e. The molecule has 3 rings (SSSR count). The number of anilines is 2. The number of nitrogens with one attached hydrogen (secondary N) is 2. The van der Waals surface area contributed by atoms with Gasteiger partial charge in [-0.3, -0.25) is 4.79 Å². The van der Waals surface area contributed by atoms with Crippen LogP contribution < -0.4 is 20.1 Å². The van der Waals surface area contributed by atoms with Crippen LogP contribution in [-0.4, -0.2) is 30.1 Å². The van der Waals surface area contributed by atoms with Gasteiger partial charge in [-0.1, -0.05) is 29.8 Å². The Morgan fingerprint density at radius 3 is 2.61 bits per heavy atom. The zero-order valence-electron chi connectivity index (χ0n) is 16.0. The first-order chi connectivity index (χ1) is 13.6. The van der Waals surface area contributed by atoms with E-state index in [2.05, 4.69) is 26.7 Å². The molecule has 2 N–H and O–H groups in total. The number of carbonyl (C=O) groups excluding carboxylic acids is 1. The maximum atomic E-state index is 12.5. The van der Waals surface area contributed by atoms with Gasteiger partial charge in [0.1, 0.15) is 5.69 Å². The zero-order valence-corrected chi connectivity index (χ0v) is 16.0. The minimum atomic E-state index is -0.340. The molecule has 0 radical (unpaired) electrons. The molecule has 3 aromatic rings. The number of benzene rings is 2. The van der Waals surface area contributed by atoms with E-state index in [-0.39, 0.29) is 11.6 Å². The molecule has 0 fully saturated rings. The van der Waals surface area contributed by atoms with Crippen molar-refractivity contribution in [2.45, 2.75) is 13.5 Å². The molecule has 0 atom stereocenters. The highest BCUT2D eigenvalue weighted by Crippen LogP contribution is 2.29. The van der Waals surface area contributed by atoms with Gasteiger partial charge in [0.25, 0.3) is 5.91 Å². The average Bonchev–Trinajstić information content (AvgIpc) is 2.72. The quantitative estimate of drug-likeness (QED) is 0.653. The molecular weight excluding hydrogens is 356 g/mol. The van der Waals surface area contributed by atoms with Crippen LogP contribution in [-0.2, 0) is 6.54 Å². The number of nitrogens with zero attached hydrogens (tertiary/aromatic N) is 2. The molecule has 0 saturated heterocycles. The summed E-state index contributed by atoms with van der Waals surface area (Å²) in [5.41, 5.74) is 3.14. The van der Waals surface area contributed by atoms with Crippen LogP contribution in [0.5, 0.6) is 11.5 Å². The number of carbonyl (C=O) groups is 1. The van der Waals surface area contributed by atoms with Crippen molar-refractivity contribution >= 4 is 17.5 Å². The first-order valence-corrected chi connectivity index (χ1v) is 8.75. The lowest BCUT2D eigenvalue weighted by Gasteiger charge is -2.11. The highest BCUT2D eigenvalue weighted by molar-refractivity contribution is 6.03. The van der Waals surface area contributed by atoms with Crippen LogP contribution in [0.4, 0.5) is 11.6 Å². The highest BCUT2D eigenvalue weighted by Gasteiger charge is 2.11. The number of amides is 1. The fraction of sp³-hybridized carbons (Fsp3) is 0.190. The molecule has 0 aliphatic heterocycles. The molecule has 0 bridgehead atoms. The Balaban J connectivity index is 1.68. The van der Waals surface area contributed by atoms with Gasteiger partial charge in [0.05, 0.1) is 14.2 Å². The van der Waals surface area contributed by atoms with Gasteiger partial charge < -0.3 is 20.1 Å². The maximum absolute atomic E-state index is 12.5. The van der Waals surface area contributed by atoms with Crippen molar-refractivity contribution in [3.63, 3.8) is 0 Å². The maximum Gasteiger partial charge on any atom is 0.274 e. The summed E-state index contributed by atoms with van der Waals surface area (Å²) in [5, 5.41) is 5.94. The molecule has 0 aliphatic rings. The van der Waals surface area contributed by atoms with E-state index >= 15 is 0 Å². The van der Waals surface area contributed by atoms with Crippen molar-refractivity contribution in [3.05, 3.63) is 71.5 Å². The number of aromatic nitrogens is 2. The van der Waals surface area contributed by atoms with E-state index in [1.807, 2.05) is 25.1 Å². The normalized spacial score (nSPS) is 10.2. The van der Waals surface area contributed by atoms with E-state index in [4.69, 9.17) is 9.47 Å². The van der Waals surface area contributed by atoms with Crippen LogP contribution in [0.25, 0.3) is 0 Å². The van der Waals surface area contributed by atoms with Crippen LogP contribution in [0.1, 0.15) is 21.6 Å². The van der Waals surface area contributed by atoms with Crippen molar-refractivity contribution < 1.29 is 14.3 Å². The van der Waals surface area contributed by atoms with Crippen molar-refractivity contribution in [2.24, 2.45) is 0 Å². The summed E-state index contributed by atoms with van der Waals surface area (Å²) < 4.78 is 10.5. The topological polar surface area (TPSA) is 85.4 Å². The van der Waals surface area contributed by atoms with Crippen molar-refractivity contribution in [1.29, 1.82) is 0 Å². The third-order valence-electron chi connectivity index (χ3n) is 4.06. The molecular formula is C21H22N4O3. The molecule has 7 nitrogen and oxygen atoms in total. The fourth-order valence-electron chi connectivity index (χ4n) is 2.68. The standard InChI is InChI=1S/C21H22N4O3/c1-14-5-4-6-15(11-14)13-23-21-22-10-9-17(25-21)20(26)24-16-7-8-18(27-2)19(12-16)28-3/h4-12H,13H2,1-3H3,(H,24,26)(H,22,23,25). The monoisotopic (exact) mass is 378 g/mol. The summed E-state index contributed by atoms with van der Waals surface area (Å²) in [6.45, 7) is 2.61. The van der Waals surface area contributed by atoms with Crippen molar-refractivity contribution in [1.82, 2.24) is 9.97 Å². The summed E-state index contributed by atoms with van der Waals surface area (Å²) in [6.07, 6.45) is 1.55. The number of rotatable bonds is 7. The number of methoxy groups -OCH3 is 2. The Morgan fingerprint density at radius 2 is 1.86 bits per heavy atom. The molecule has 1 aromatic heterocycles. The predicted molar refractivity (Wildman–Crippen MR) is 108 cm³/mol. The Labute approximate surface area is 163 Å². The van der Waals surface area contributed by atoms with Crippen LogP contribution in [0, 0.1) is 6.92 Å². The lowest BCUT2D eigenvalue weighted by atomic mass is 10.1. The molecule has 1 heterocycles. The number of hydrogen-bond donors (Lipinski definition) is 2. The zero-order chi connectivity index (χ0) is 19.9.